The van der Waals surface area contributed by atoms with E-state index in [-0.39, 0.29) is 6.54 Å². The molecule has 21 heavy (non-hydrogen) atoms. The van der Waals surface area contributed by atoms with Gasteiger partial charge in [-0.15, -0.1) is 0 Å². The number of hydrogen-bond donors (Lipinski definition) is 0. The van der Waals surface area contributed by atoms with Gasteiger partial charge in [0.25, 0.3) is 0 Å². The van der Waals surface area contributed by atoms with Gasteiger partial charge in [0, 0.05) is 5.56 Å². The average molecular weight is 289 g/mol. The molecule has 0 unspecified atom stereocenters. The fourth-order valence-corrected chi connectivity index (χ4v) is 1.90. The first-order valence-corrected chi connectivity index (χ1v) is 6.43. The van der Waals surface area contributed by atoms with Crippen LogP contribution in [0.1, 0.15) is 11.7 Å². The van der Waals surface area contributed by atoms with E-state index in [1.54, 1.807) is 41.4 Å². The zero-order valence-corrected chi connectivity index (χ0v) is 11.9. The molecule has 0 aliphatic carbocycles. The number of methoxy groups -OCH3 is 1. The van der Waals surface area contributed by atoms with Crippen molar-refractivity contribution in [3.8, 4) is 0 Å². The first-order chi connectivity index (χ1) is 10.1. The van der Waals surface area contributed by atoms with Gasteiger partial charge >= 0.3 is 11.9 Å². The molecular formula is C15H17N2O4+. The second-order valence-corrected chi connectivity index (χ2v) is 4.56. The predicted molar refractivity (Wildman–Crippen MR) is 72.9 cm³/mol. The fourth-order valence-electron chi connectivity index (χ4n) is 1.90. The van der Waals surface area contributed by atoms with Gasteiger partial charge in [-0.2, -0.15) is 0 Å². The number of carbonyl (C=O) groups excluding carboxylic acids is 2. The molecule has 0 fully saturated rings. The Morgan fingerprint density at radius 3 is 2.57 bits per heavy atom. The lowest BCUT2D eigenvalue weighted by molar-refractivity contribution is -0.671. The zero-order chi connectivity index (χ0) is 15.2. The quantitative estimate of drug-likeness (QED) is 0.602. The Hall–Kier alpha value is -2.63. The highest BCUT2D eigenvalue weighted by molar-refractivity contribution is 5.80. The normalized spacial score (nSPS) is 11.7. The third-order valence-electron chi connectivity index (χ3n) is 2.90. The third kappa shape index (κ3) is 3.92. The van der Waals surface area contributed by atoms with Crippen LogP contribution in [0.5, 0.6) is 0 Å². The monoisotopic (exact) mass is 289 g/mol. The van der Waals surface area contributed by atoms with Crippen LogP contribution in [0.15, 0.2) is 49.1 Å². The highest BCUT2D eigenvalue weighted by Crippen LogP contribution is 2.19. The molecule has 1 heterocycles. The maximum atomic E-state index is 12.0. The van der Waals surface area contributed by atoms with Crippen molar-refractivity contribution in [1.29, 1.82) is 0 Å². The van der Waals surface area contributed by atoms with Gasteiger partial charge in [0.1, 0.15) is 12.4 Å². The smallest absolute Gasteiger partial charge is 0.351 e. The number of hydrogen-bond acceptors (Lipinski definition) is 4. The summed E-state index contributed by atoms with van der Waals surface area (Å²) in [5.74, 6) is -1.11. The summed E-state index contributed by atoms with van der Waals surface area (Å²) >= 11 is 0. The van der Waals surface area contributed by atoms with Gasteiger partial charge in [-0.3, -0.25) is 0 Å². The summed E-state index contributed by atoms with van der Waals surface area (Å²) in [6, 6.07) is 8.78. The SMILES string of the molecule is COC(=O)[C@@H](OC(=O)Cn1cc[n+](C)c1)c1ccccc1. The van der Waals surface area contributed by atoms with Gasteiger partial charge in [-0.05, 0) is 0 Å². The minimum absolute atomic E-state index is 0.0289. The van der Waals surface area contributed by atoms with E-state index in [1.165, 1.54) is 7.11 Å². The Labute approximate surface area is 122 Å². The number of ether oxygens (including phenoxy) is 2. The molecule has 0 saturated carbocycles. The molecule has 0 N–H and O–H groups in total. The summed E-state index contributed by atoms with van der Waals surface area (Å²) in [5.41, 5.74) is 0.579. The van der Waals surface area contributed by atoms with Crippen LogP contribution < -0.4 is 4.57 Å². The lowest BCUT2D eigenvalue weighted by atomic mass is 10.1. The van der Waals surface area contributed by atoms with Crippen LogP contribution in [0.2, 0.25) is 0 Å². The molecule has 0 spiro atoms. The van der Waals surface area contributed by atoms with Gasteiger partial charge in [0.15, 0.2) is 6.54 Å². The molecule has 6 nitrogen and oxygen atoms in total. The summed E-state index contributed by atoms with van der Waals surface area (Å²) < 4.78 is 13.4. The highest BCUT2D eigenvalue weighted by Gasteiger charge is 2.26. The first kappa shape index (κ1) is 14.8. The van der Waals surface area contributed by atoms with E-state index >= 15 is 0 Å². The number of imidazole rings is 1. The van der Waals surface area contributed by atoms with Crippen molar-refractivity contribution in [3.05, 3.63) is 54.6 Å². The van der Waals surface area contributed by atoms with E-state index in [1.807, 2.05) is 23.9 Å². The lowest BCUT2D eigenvalue weighted by Gasteiger charge is -2.15. The van der Waals surface area contributed by atoms with Crippen molar-refractivity contribution in [2.24, 2.45) is 7.05 Å². The maximum Gasteiger partial charge on any atom is 0.351 e. The van der Waals surface area contributed by atoms with Crippen LogP contribution in [0, 0.1) is 0 Å². The third-order valence-corrected chi connectivity index (χ3v) is 2.90. The molecule has 0 saturated heterocycles. The number of nitrogens with zero attached hydrogens (tertiary/aromatic N) is 2. The fraction of sp³-hybridized carbons (Fsp3) is 0.267. The summed E-state index contributed by atoms with van der Waals surface area (Å²) in [7, 11) is 3.11. The molecule has 1 aromatic heterocycles. The second-order valence-electron chi connectivity index (χ2n) is 4.56. The molecule has 6 heteroatoms. The average Bonchev–Trinajstić information content (AvgIpc) is 2.90. The summed E-state index contributed by atoms with van der Waals surface area (Å²) in [4.78, 5) is 23.8. The van der Waals surface area contributed by atoms with Crippen LogP contribution in [0.4, 0.5) is 0 Å². The van der Waals surface area contributed by atoms with E-state index in [0.717, 1.165) is 0 Å². The van der Waals surface area contributed by atoms with Gasteiger partial charge in [0.05, 0.1) is 14.2 Å². The van der Waals surface area contributed by atoms with Crippen LogP contribution in [0.25, 0.3) is 0 Å². The van der Waals surface area contributed by atoms with Crippen LogP contribution in [-0.2, 0) is 32.7 Å². The van der Waals surface area contributed by atoms with Crippen LogP contribution in [-0.4, -0.2) is 23.6 Å². The van der Waals surface area contributed by atoms with E-state index in [9.17, 15) is 9.59 Å². The first-order valence-electron chi connectivity index (χ1n) is 6.43. The van der Waals surface area contributed by atoms with Gasteiger partial charge in [-0.1, -0.05) is 30.3 Å². The van der Waals surface area contributed by atoms with E-state index < -0.39 is 18.0 Å². The Morgan fingerprint density at radius 1 is 1.29 bits per heavy atom. The lowest BCUT2D eigenvalue weighted by Crippen LogP contribution is -2.26. The minimum Gasteiger partial charge on any atom is -0.466 e. The van der Waals surface area contributed by atoms with E-state index in [2.05, 4.69) is 0 Å². The van der Waals surface area contributed by atoms with Crippen LogP contribution >= 0.6 is 0 Å². The molecule has 0 radical (unpaired) electrons. The Bertz CT molecular complexity index is 622. The second kappa shape index (κ2) is 6.69. The maximum absolute atomic E-state index is 12.0. The van der Waals surface area contributed by atoms with Crippen LogP contribution in [0.3, 0.4) is 0 Å². The van der Waals surface area contributed by atoms with Crippen molar-refractivity contribution >= 4 is 11.9 Å². The highest BCUT2D eigenvalue weighted by atomic mass is 16.6. The number of carbonyl (C=O) groups is 2. The molecule has 2 aromatic rings. The number of rotatable bonds is 5. The molecule has 0 aliphatic heterocycles. The Kier molecular flexibility index (Phi) is 4.71. The molecule has 0 amide bonds. The molecule has 1 aromatic carbocycles. The van der Waals surface area contributed by atoms with E-state index in [4.69, 9.17) is 9.47 Å². The predicted octanol–water partition coefficient (Wildman–Crippen LogP) is 0.770. The number of aryl methyl sites for hydroxylation is 1. The minimum atomic E-state index is -1.05. The Morgan fingerprint density at radius 2 is 2.00 bits per heavy atom. The standard InChI is InChI=1S/C15H17N2O4/c1-16-8-9-17(11-16)10-13(18)21-14(15(19)20-2)12-6-4-3-5-7-12/h3-9,11,14H,10H2,1-2H3/q+1/t14-/m0/s1. The molecule has 0 aliphatic rings. The summed E-state index contributed by atoms with van der Waals surface area (Å²) in [5, 5.41) is 0. The number of aromatic nitrogens is 2. The summed E-state index contributed by atoms with van der Waals surface area (Å²) in [6.45, 7) is 0.0289. The topological polar surface area (TPSA) is 61.4 Å². The number of esters is 2. The van der Waals surface area contributed by atoms with E-state index in [0.29, 0.717) is 5.56 Å². The van der Waals surface area contributed by atoms with Gasteiger partial charge < -0.3 is 9.47 Å². The van der Waals surface area contributed by atoms with Crippen molar-refractivity contribution in [2.45, 2.75) is 12.6 Å². The molecule has 0 bridgehead atoms. The van der Waals surface area contributed by atoms with Crippen molar-refractivity contribution in [3.63, 3.8) is 0 Å². The molecule has 2 rings (SSSR count). The van der Waals surface area contributed by atoms with Gasteiger partial charge in [-0.25, -0.2) is 18.7 Å². The molecular weight excluding hydrogens is 272 g/mol. The molecule has 1 atom stereocenters. The number of benzene rings is 1. The largest absolute Gasteiger partial charge is 0.466 e. The van der Waals surface area contributed by atoms with Crippen molar-refractivity contribution in [1.82, 2.24) is 4.57 Å². The van der Waals surface area contributed by atoms with Crippen molar-refractivity contribution in [2.75, 3.05) is 7.11 Å². The summed E-state index contributed by atoms with van der Waals surface area (Å²) in [6.07, 6.45) is 4.25. The van der Waals surface area contributed by atoms with Gasteiger partial charge in [0.2, 0.25) is 12.4 Å². The zero-order valence-electron chi connectivity index (χ0n) is 11.9. The Balaban J connectivity index is 2.08. The molecule has 110 valence electrons. The van der Waals surface area contributed by atoms with Crippen molar-refractivity contribution < 1.29 is 23.6 Å².